The summed E-state index contributed by atoms with van der Waals surface area (Å²) in [5.74, 6) is 0.448. The molecule has 0 saturated heterocycles. The first-order valence-electron chi connectivity index (χ1n) is 7.38. The summed E-state index contributed by atoms with van der Waals surface area (Å²) in [7, 11) is 0. The first-order valence-corrected chi connectivity index (χ1v) is 7.38. The average Bonchev–Trinajstić information content (AvgIpc) is 3.20. The van der Waals surface area contributed by atoms with E-state index in [0.717, 1.165) is 17.0 Å². The molecule has 2 N–H and O–H groups in total. The van der Waals surface area contributed by atoms with Gasteiger partial charge in [0, 0.05) is 24.3 Å². The summed E-state index contributed by atoms with van der Waals surface area (Å²) in [6.07, 6.45) is 3.22. The molecule has 7 nitrogen and oxygen atoms in total. The Bertz CT molecular complexity index is 806. The first kappa shape index (κ1) is 15.0. The molecule has 1 amide bonds. The summed E-state index contributed by atoms with van der Waals surface area (Å²) in [5, 5.41) is 9.56. The van der Waals surface area contributed by atoms with E-state index >= 15 is 0 Å². The number of carbonyl (C=O) groups excluding carboxylic acids is 1. The van der Waals surface area contributed by atoms with Crippen molar-refractivity contribution in [1.82, 2.24) is 30.0 Å². The van der Waals surface area contributed by atoms with E-state index in [1.807, 2.05) is 36.6 Å². The maximum Gasteiger partial charge on any atom is 0.252 e. The van der Waals surface area contributed by atoms with Crippen molar-refractivity contribution >= 4 is 5.91 Å². The number of imidazole rings is 1. The van der Waals surface area contributed by atoms with Crippen LogP contribution in [-0.2, 0) is 6.54 Å². The van der Waals surface area contributed by atoms with E-state index in [1.165, 1.54) is 6.33 Å². The number of hydrogen-bond donors (Lipinski definition) is 2. The Morgan fingerprint density at radius 2 is 2.09 bits per heavy atom. The van der Waals surface area contributed by atoms with Gasteiger partial charge in [0.1, 0.15) is 6.33 Å². The maximum absolute atomic E-state index is 12.4. The minimum atomic E-state index is -0.133. The zero-order valence-corrected chi connectivity index (χ0v) is 13.1. The predicted octanol–water partition coefficient (Wildman–Crippen LogP) is 1.72. The quantitative estimate of drug-likeness (QED) is 0.751. The lowest BCUT2D eigenvalue weighted by Crippen LogP contribution is -2.27. The summed E-state index contributed by atoms with van der Waals surface area (Å²) in [6, 6.07) is 7.32. The molecule has 3 rings (SSSR count). The summed E-state index contributed by atoms with van der Waals surface area (Å²) < 4.78 is 2.03. The molecule has 0 fully saturated rings. The fourth-order valence-corrected chi connectivity index (χ4v) is 2.38. The highest BCUT2D eigenvalue weighted by Gasteiger charge is 2.13. The number of benzene rings is 1. The topological polar surface area (TPSA) is 88.5 Å². The van der Waals surface area contributed by atoms with Crippen LogP contribution in [0, 0.1) is 13.8 Å². The second-order valence-corrected chi connectivity index (χ2v) is 5.24. The predicted molar refractivity (Wildman–Crippen MR) is 85.9 cm³/mol. The number of aromatic amines is 1. The van der Waals surface area contributed by atoms with Gasteiger partial charge in [-0.3, -0.25) is 9.89 Å². The van der Waals surface area contributed by atoms with E-state index in [9.17, 15) is 4.79 Å². The second kappa shape index (κ2) is 6.43. The summed E-state index contributed by atoms with van der Waals surface area (Å²) in [4.78, 5) is 20.8. The van der Waals surface area contributed by atoms with Crippen LogP contribution in [0.15, 0.2) is 36.9 Å². The largest absolute Gasteiger partial charge is 0.350 e. The average molecular weight is 310 g/mol. The van der Waals surface area contributed by atoms with Gasteiger partial charge in [-0.25, -0.2) is 9.97 Å². The standard InChI is InChI=1S/C16H18N6O/c1-11-12(2)22(10-19-11)8-7-17-16(23)14-6-4-3-5-13(14)15-18-9-20-21-15/h3-6,9-10H,7-8H2,1-2H3,(H,17,23)(H,18,20,21). The summed E-state index contributed by atoms with van der Waals surface area (Å²) in [5.41, 5.74) is 3.42. The van der Waals surface area contributed by atoms with Crippen molar-refractivity contribution in [2.45, 2.75) is 20.4 Å². The number of H-pyrrole nitrogens is 1. The van der Waals surface area contributed by atoms with Gasteiger partial charge in [-0.1, -0.05) is 18.2 Å². The van der Waals surface area contributed by atoms with E-state index in [-0.39, 0.29) is 5.91 Å². The number of nitrogens with one attached hydrogen (secondary N) is 2. The van der Waals surface area contributed by atoms with Gasteiger partial charge in [-0.2, -0.15) is 5.10 Å². The van der Waals surface area contributed by atoms with E-state index in [0.29, 0.717) is 24.5 Å². The Morgan fingerprint density at radius 1 is 1.26 bits per heavy atom. The van der Waals surface area contributed by atoms with Gasteiger partial charge >= 0.3 is 0 Å². The normalized spacial score (nSPS) is 10.7. The van der Waals surface area contributed by atoms with Gasteiger partial charge in [-0.15, -0.1) is 0 Å². The van der Waals surface area contributed by atoms with Crippen LogP contribution in [0.4, 0.5) is 0 Å². The fourth-order valence-electron chi connectivity index (χ4n) is 2.38. The lowest BCUT2D eigenvalue weighted by Gasteiger charge is -2.10. The van der Waals surface area contributed by atoms with Gasteiger partial charge < -0.3 is 9.88 Å². The van der Waals surface area contributed by atoms with Crippen molar-refractivity contribution < 1.29 is 4.79 Å². The van der Waals surface area contributed by atoms with Crippen molar-refractivity contribution in [3.05, 3.63) is 53.9 Å². The molecular formula is C16H18N6O. The van der Waals surface area contributed by atoms with Crippen LogP contribution in [0.2, 0.25) is 0 Å². The zero-order valence-electron chi connectivity index (χ0n) is 13.1. The third kappa shape index (κ3) is 3.13. The van der Waals surface area contributed by atoms with Gasteiger partial charge in [0.25, 0.3) is 5.91 Å². The molecule has 0 spiro atoms. The highest BCUT2D eigenvalue weighted by atomic mass is 16.1. The molecule has 0 radical (unpaired) electrons. The van der Waals surface area contributed by atoms with Crippen LogP contribution in [0.3, 0.4) is 0 Å². The highest BCUT2D eigenvalue weighted by Crippen LogP contribution is 2.19. The number of aromatic nitrogens is 5. The number of carbonyl (C=O) groups is 1. The highest BCUT2D eigenvalue weighted by molar-refractivity contribution is 6.00. The molecule has 1 aromatic carbocycles. The fraction of sp³-hybridized carbons (Fsp3) is 0.250. The van der Waals surface area contributed by atoms with Crippen molar-refractivity contribution in [2.75, 3.05) is 6.54 Å². The van der Waals surface area contributed by atoms with Crippen molar-refractivity contribution in [2.24, 2.45) is 0 Å². The number of nitrogens with zero attached hydrogens (tertiary/aromatic N) is 4. The molecule has 0 aliphatic heterocycles. The summed E-state index contributed by atoms with van der Waals surface area (Å²) in [6.45, 7) is 5.20. The van der Waals surface area contributed by atoms with Crippen LogP contribution >= 0.6 is 0 Å². The van der Waals surface area contributed by atoms with Crippen LogP contribution in [-0.4, -0.2) is 37.2 Å². The third-order valence-corrected chi connectivity index (χ3v) is 3.83. The van der Waals surface area contributed by atoms with Gasteiger partial charge in [-0.05, 0) is 19.9 Å². The lowest BCUT2D eigenvalue weighted by atomic mass is 10.1. The Morgan fingerprint density at radius 3 is 2.78 bits per heavy atom. The molecule has 118 valence electrons. The Hall–Kier alpha value is -2.96. The van der Waals surface area contributed by atoms with Crippen molar-refractivity contribution in [1.29, 1.82) is 0 Å². The minimum Gasteiger partial charge on any atom is -0.350 e. The molecule has 0 aliphatic rings. The van der Waals surface area contributed by atoms with Crippen LogP contribution in [0.1, 0.15) is 21.7 Å². The van der Waals surface area contributed by atoms with Gasteiger partial charge in [0.05, 0.1) is 17.6 Å². The van der Waals surface area contributed by atoms with E-state index in [2.05, 4.69) is 25.5 Å². The molecule has 2 aromatic heterocycles. The molecule has 0 bridgehead atoms. The van der Waals surface area contributed by atoms with Crippen molar-refractivity contribution in [3.8, 4) is 11.4 Å². The third-order valence-electron chi connectivity index (χ3n) is 3.83. The van der Waals surface area contributed by atoms with Gasteiger partial charge in [0.15, 0.2) is 5.82 Å². The van der Waals surface area contributed by atoms with Crippen LogP contribution < -0.4 is 5.32 Å². The molecule has 0 unspecified atom stereocenters. The first-order chi connectivity index (χ1) is 11.2. The maximum atomic E-state index is 12.4. The Labute approximate surface area is 133 Å². The van der Waals surface area contributed by atoms with Crippen LogP contribution in [0.25, 0.3) is 11.4 Å². The second-order valence-electron chi connectivity index (χ2n) is 5.24. The number of aryl methyl sites for hydroxylation is 1. The molecule has 0 atom stereocenters. The van der Waals surface area contributed by atoms with E-state index in [1.54, 1.807) is 12.4 Å². The smallest absolute Gasteiger partial charge is 0.252 e. The molecular weight excluding hydrogens is 292 g/mol. The Kier molecular flexibility index (Phi) is 4.18. The number of hydrogen-bond acceptors (Lipinski definition) is 4. The molecule has 2 heterocycles. The van der Waals surface area contributed by atoms with Crippen molar-refractivity contribution in [3.63, 3.8) is 0 Å². The van der Waals surface area contributed by atoms with Gasteiger partial charge in [0.2, 0.25) is 0 Å². The summed E-state index contributed by atoms with van der Waals surface area (Å²) >= 11 is 0. The zero-order chi connectivity index (χ0) is 16.2. The number of amides is 1. The van der Waals surface area contributed by atoms with E-state index < -0.39 is 0 Å². The molecule has 0 aliphatic carbocycles. The van der Waals surface area contributed by atoms with E-state index in [4.69, 9.17) is 0 Å². The number of rotatable bonds is 5. The molecule has 0 saturated carbocycles. The molecule has 23 heavy (non-hydrogen) atoms. The monoisotopic (exact) mass is 310 g/mol. The van der Waals surface area contributed by atoms with Crippen LogP contribution in [0.5, 0.6) is 0 Å². The molecule has 3 aromatic rings. The minimum absolute atomic E-state index is 0.133. The lowest BCUT2D eigenvalue weighted by molar-refractivity contribution is 0.0953. The Balaban J connectivity index is 1.68. The SMILES string of the molecule is Cc1ncn(CCNC(=O)c2ccccc2-c2ncn[nH]2)c1C. The molecule has 7 heteroatoms.